The Bertz CT molecular complexity index is 238. The number of nitrogens with one attached hydrogen (secondary N) is 2. The van der Waals surface area contributed by atoms with Crippen LogP contribution in [0, 0.1) is 5.41 Å². The molecular formula is C8H15N3O3. The van der Waals surface area contributed by atoms with Crippen molar-refractivity contribution in [1.82, 2.24) is 10.6 Å². The molecule has 4 N–H and O–H groups in total. The molecule has 0 saturated carbocycles. The standard InChI is InChI=1S/C8H15N3O3/c1-8(4-14-5-8)3-10-2-6(12)11-7(9)13/h10H,2-5H2,1H3,(H3,9,11,12,13). The fourth-order valence-electron chi connectivity index (χ4n) is 1.21. The second-order valence-electron chi connectivity index (χ2n) is 3.82. The van der Waals surface area contributed by atoms with Crippen molar-refractivity contribution < 1.29 is 14.3 Å². The van der Waals surface area contributed by atoms with E-state index >= 15 is 0 Å². The van der Waals surface area contributed by atoms with Gasteiger partial charge in [0.25, 0.3) is 0 Å². The van der Waals surface area contributed by atoms with Crippen molar-refractivity contribution in [1.29, 1.82) is 0 Å². The van der Waals surface area contributed by atoms with Crippen LogP contribution in [0.15, 0.2) is 0 Å². The first-order chi connectivity index (χ1) is 6.52. The quantitative estimate of drug-likeness (QED) is 0.533. The fourth-order valence-corrected chi connectivity index (χ4v) is 1.21. The van der Waals surface area contributed by atoms with Gasteiger partial charge in [0, 0.05) is 12.0 Å². The number of urea groups is 1. The van der Waals surface area contributed by atoms with Gasteiger partial charge >= 0.3 is 6.03 Å². The zero-order valence-corrected chi connectivity index (χ0v) is 8.13. The first-order valence-corrected chi connectivity index (χ1v) is 4.40. The van der Waals surface area contributed by atoms with Crippen LogP contribution in [0.4, 0.5) is 4.79 Å². The zero-order chi connectivity index (χ0) is 10.6. The molecule has 1 fully saturated rings. The summed E-state index contributed by atoms with van der Waals surface area (Å²) in [7, 11) is 0. The van der Waals surface area contributed by atoms with Crippen LogP contribution in [0.2, 0.25) is 0 Å². The Hall–Kier alpha value is -1.14. The number of hydrogen-bond donors (Lipinski definition) is 3. The maximum atomic E-state index is 10.9. The highest BCUT2D eigenvalue weighted by Gasteiger charge is 2.32. The van der Waals surface area contributed by atoms with E-state index in [2.05, 4.69) is 12.2 Å². The molecule has 0 spiro atoms. The number of nitrogens with two attached hydrogens (primary N) is 1. The van der Waals surface area contributed by atoms with Gasteiger partial charge in [-0.15, -0.1) is 0 Å². The molecule has 0 atom stereocenters. The zero-order valence-electron chi connectivity index (χ0n) is 8.13. The van der Waals surface area contributed by atoms with E-state index in [4.69, 9.17) is 10.5 Å². The third-order valence-electron chi connectivity index (χ3n) is 2.00. The summed E-state index contributed by atoms with van der Waals surface area (Å²) in [5, 5.41) is 4.90. The molecule has 80 valence electrons. The van der Waals surface area contributed by atoms with E-state index in [1.807, 2.05) is 5.32 Å². The van der Waals surface area contributed by atoms with Gasteiger partial charge < -0.3 is 15.8 Å². The third kappa shape index (κ3) is 3.31. The Kier molecular flexibility index (Phi) is 3.43. The van der Waals surface area contributed by atoms with Gasteiger partial charge in [0.15, 0.2) is 0 Å². The van der Waals surface area contributed by atoms with Crippen LogP contribution >= 0.6 is 0 Å². The molecule has 1 aliphatic rings. The number of hydrogen-bond acceptors (Lipinski definition) is 4. The molecule has 1 heterocycles. The number of ether oxygens (including phenoxy) is 1. The number of imide groups is 1. The number of primary amides is 1. The van der Waals surface area contributed by atoms with Crippen molar-refractivity contribution in [2.75, 3.05) is 26.3 Å². The molecule has 0 aromatic heterocycles. The molecule has 6 heteroatoms. The van der Waals surface area contributed by atoms with E-state index < -0.39 is 11.9 Å². The summed E-state index contributed by atoms with van der Waals surface area (Å²) in [6, 6.07) is -0.824. The molecule has 0 aromatic carbocycles. The minimum atomic E-state index is -0.824. The molecule has 6 nitrogen and oxygen atoms in total. The third-order valence-corrected chi connectivity index (χ3v) is 2.00. The van der Waals surface area contributed by atoms with Crippen molar-refractivity contribution in [3.8, 4) is 0 Å². The molecular weight excluding hydrogens is 186 g/mol. The van der Waals surface area contributed by atoms with E-state index in [1.54, 1.807) is 0 Å². The van der Waals surface area contributed by atoms with Crippen molar-refractivity contribution in [2.24, 2.45) is 11.1 Å². The number of rotatable bonds is 4. The molecule has 3 amide bonds. The van der Waals surface area contributed by atoms with E-state index in [9.17, 15) is 9.59 Å². The van der Waals surface area contributed by atoms with Crippen LogP contribution in [-0.2, 0) is 9.53 Å². The van der Waals surface area contributed by atoms with Gasteiger partial charge in [-0.05, 0) is 0 Å². The number of amides is 3. The Morgan fingerprint density at radius 3 is 2.57 bits per heavy atom. The Morgan fingerprint density at radius 1 is 1.50 bits per heavy atom. The van der Waals surface area contributed by atoms with Gasteiger partial charge in [-0.3, -0.25) is 10.1 Å². The van der Waals surface area contributed by atoms with E-state index in [1.165, 1.54) is 0 Å². The summed E-state index contributed by atoms with van der Waals surface area (Å²) in [4.78, 5) is 21.2. The normalized spacial score (nSPS) is 18.4. The monoisotopic (exact) mass is 201 g/mol. The Morgan fingerprint density at radius 2 is 2.14 bits per heavy atom. The van der Waals surface area contributed by atoms with Gasteiger partial charge in [-0.2, -0.15) is 0 Å². The lowest BCUT2D eigenvalue weighted by atomic mass is 9.89. The summed E-state index contributed by atoms with van der Waals surface area (Å²) >= 11 is 0. The predicted octanol–water partition coefficient (Wildman–Crippen LogP) is -1.19. The lowest BCUT2D eigenvalue weighted by Gasteiger charge is -2.38. The molecule has 1 saturated heterocycles. The van der Waals surface area contributed by atoms with Crippen molar-refractivity contribution in [2.45, 2.75) is 6.92 Å². The second kappa shape index (κ2) is 4.39. The minimum Gasteiger partial charge on any atom is -0.380 e. The van der Waals surface area contributed by atoms with Crippen LogP contribution in [0.3, 0.4) is 0 Å². The second-order valence-corrected chi connectivity index (χ2v) is 3.82. The fraction of sp³-hybridized carbons (Fsp3) is 0.750. The first-order valence-electron chi connectivity index (χ1n) is 4.40. The van der Waals surface area contributed by atoms with Gasteiger partial charge in [0.05, 0.1) is 19.8 Å². The summed E-state index contributed by atoms with van der Waals surface area (Å²) < 4.78 is 5.05. The maximum absolute atomic E-state index is 10.9. The smallest absolute Gasteiger partial charge is 0.318 e. The van der Waals surface area contributed by atoms with E-state index in [-0.39, 0.29) is 12.0 Å². The van der Waals surface area contributed by atoms with Crippen LogP contribution in [0.25, 0.3) is 0 Å². The van der Waals surface area contributed by atoms with Crippen LogP contribution in [0.5, 0.6) is 0 Å². The highest BCUT2D eigenvalue weighted by Crippen LogP contribution is 2.24. The van der Waals surface area contributed by atoms with E-state index in [0.29, 0.717) is 19.8 Å². The summed E-state index contributed by atoms with van der Waals surface area (Å²) in [5.74, 6) is -0.415. The summed E-state index contributed by atoms with van der Waals surface area (Å²) in [5.41, 5.74) is 4.89. The van der Waals surface area contributed by atoms with Crippen molar-refractivity contribution in [3.63, 3.8) is 0 Å². The molecule has 14 heavy (non-hydrogen) atoms. The van der Waals surface area contributed by atoms with Crippen LogP contribution in [0.1, 0.15) is 6.92 Å². The highest BCUT2D eigenvalue weighted by molar-refractivity contribution is 5.94. The van der Waals surface area contributed by atoms with Crippen molar-refractivity contribution in [3.05, 3.63) is 0 Å². The predicted molar refractivity (Wildman–Crippen MR) is 49.5 cm³/mol. The molecule has 0 aliphatic carbocycles. The van der Waals surface area contributed by atoms with E-state index in [0.717, 1.165) is 0 Å². The van der Waals surface area contributed by atoms with Crippen molar-refractivity contribution >= 4 is 11.9 Å². The van der Waals surface area contributed by atoms with Gasteiger partial charge in [-0.25, -0.2) is 4.79 Å². The lowest BCUT2D eigenvalue weighted by molar-refractivity contribution is -0.120. The molecule has 0 aromatic rings. The lowest BCUT2D eigenvalue weighted by Crippen LogP contribution is -2.49. The summed E-state index contributed by atoms with van der Waals surface area (Å²) in [6.45, 7) is 4.27. The highest BCUT2D eigenvalue weighted by atomic mass is 16.5. The Labute approximate surface area is 82.2 Å². The first kappa shape index (κ1) is 10.9. The minimum absolute atomic E-state index is 0.0958. The average molecular weight is 201 g/mol. The topological polar surface area (TPSA) is 93.5 Å². The largest absolute Gasteiger partial charge is 0.380 e. The molecule has 1 rings (SSSR count). The van der Waals surface area contributed by atoms with Gasteiger partial charge in [0.1, 0.15) is 0 Å². The molecule has 0 bridgehead atoms. The summed E-state index contributed by atoms with van der Waals surface area (Å²) in [6.07, 6.45) is 0. The maximum Gasteiger partial charge on any atom is 0.318 e. The molecule has 1 aliphatic heterocycles. The van der Waals surface area contributed by atoms with Crippen LogP contribution < -0.4 is 16.4 Å². The average Bonchev–Trinajstić information content (AvgIpc) is 1.99. The molecule has 0 unspecified atom stereocenters. The van der Waals surface area contributed by atoms with Crippen LogP contribution in [-0.4, -0.2) is 38.2 Å². The Balaban J connectivity index is 2.08. The number of carbonyl (C=O) groups excluding carboxylic acids is 2. The SMILES string of the molecule is CC1(CNCC(=O)NC(N)=O)COC1. The number of carbonyl (C=O) groups is 2. The van der Waals surface area contributed by atoms with Gasteiger partial charge in [0.2, 0.25) is 5.91 Å². The van der Waals surface area contributed by atoms with Gasteiger partial charge in [-0.1, -0.05) is 6.92 Å². The molecule has 0 radical (unpaired) electrons.